The highest BCUT2D eigenvalue weighted by Gasteiger charge is 2.44. The molecule has 0 spiro atoms. The van der Waals surface area contributed by atoms with Crippen molar-refractivity contribution in [3.8, 4) is 11.3 Å². The van der Waals surface area contributed by atoms with Gasteiger partial charge >= 0.3 is 0 Å². The third kappa shape index (κ3) is 1.51. The van der Waals surface area contributed by atoms with Crippen LogP contribution >= 0.6 is 0 Å². The van der Waals surface area contributed by atoms with Crippen molar-refractivity contribution in [2.45, 2.75) is 18.4 Å². The number of nitrogens with zero attached hydrogens (tertiary/aromatic N) is 1. The van der Waals surface area contributed by atoms with E-state index in [9.17, 15) is 4.39 Å². The molecule has 1 saturated carbocycles. The van der Waals surface area contributed by atoms with Crippen LogP contribution in [0.25, 0.3) is 11.3 Å². The lowest BCUT2D eigenvalue weighted by molar-refractivity contribution is 0.440. The first kappa shape index (κ1) is 9.54. The van der Waals surface area contributed by atoms with Gasteiger partial charge in [-0.25, -0.2) is 9.37 Å². The van der Waals surface area contributed by atoms with Gasteiger partial charge in [0.1, 0.15) is 17.8 Å². The average molecular weight is 218 g/mol. The van der Waals surface area contributed by atoms with Crippen LogP contribution in [0.15, 0.2) is 34.9 Å². The average Bonchev–Trinajstić information content (AvgIpc) is 2.84. The van der Waals surface area contributed by atoms with E-state index in [0.717, 1.165) is 18.4 Å². The quantitative estimate of drug-likeness (QED) is 0.842. The van der Waals surface area contributed by atoms with Crippen molar-refractivity contribution in [2.24, 2.45) is 5.73 Å². The summed E-state index contributed by atoms with van der Waals surface area (Å²) in [6.07, 6.45) is 3.39. The Kier molecular flexibility index (Phi) is 1.88. The molecule has 1 fully saturated rings. The number of oxazole rings is 1. The molecule has 0 radical (unpaired) electrons. The van der Waals surface area contributed by atoms with Gasteiger partial charge in [0, 0.05) is 5.56 Å². The molecule has 1 heterocycles. The molecule has 0 bridgehead atoms. The van der Waals surface area contributed by atoms with Gasteiger partial charge in [-0.15, -0.1) is 0 Å². The van der Waals surface area contributed by atoms with Crippen LogP contribution < -0.4 is 5.73 Å². The predicted octanol–water partition coefficient (Wildman–Crippen LogP) is 2.43. The molecule has 16 heavy (non-hydrogen) atoms. The predicted molar refractivity (Wildman–Crippen MR) is 57.0 cm³/mol. The highest BCUT2D eigenvalue weighted by atomic mass is 19.1. The summed E-state index contributed by atoms with van der Waals surface area (Å²) in [7, 11) is 0. The van der Waals surface area contributed by atoms with Crippen molar-refractivity contribution in [2.75, 3.05) is 0 Å². The van der Waals surface area contributed by atoms with E-state index in [1.54, 1.807) is 18.4 Å². The molecule has 3 nitrogen and oxygen atoms in total. The molecule has 2 aromatic rings. The summed E-state index contributed by atoms with van der Waals surface area (Å²) >= 11 is 0. The van der Waals surface area contributed by atoms with Crippen molar-refractivity contribution in [1.29, 1.82) is 0 Å². The van der Waals surface area contributed by atoms with Crippen LogP contribution in [-0.4, -0.2) is 4.98 Å². The molecule has 3 rings (SSSR count). The third-order valence-electron chi connectivity index (χ3n) is 2.86. The Morgan fingerprint density at radius 2 is 1.94 bits per heavy atom. The maximum absolute atomic E-state index is 12.7. The fraction of sp³-hybridized carbons (Fsp3) is 0.250. The van der Waals surface area contributed by atoms with Crippen molar-refractivity contribution < 1.29 is 8.81 Å². The Balaban J connectivity index is 1.95. The summed E-state index contributed by atoms with van der Waals surface area (Å²) in [5.41, 5.74) is 7.14. The molecule has 1 aromatic heterocycles. The molecular formula is C12H11FN2O. The molecule has 2 N–H and O–H groups in total. The van der Waals surface area contributed by atoms with E-state index in [1.165, 1.54) is 12.1 Å². The second kappa shape index (κ2) is 3.15. The minimum atomic E-state index is -0.363. The van der Waals surface area contributed by atoms with Crippen LogP contribution in [0.3, 0.4) is 0 Å². The number of aromatic nitrogens is 1. The largest absolute Gasteiger partial charge is 0.446 e. The number of halogens is 1. The van der Waals surface area contributed by atoms with Gasteiger partial charge in [-0.1, -0.05) is 0 Å². The molecule has 1 aliphatic carbocycles. The van der Waals surface area contributed by atoms with Crippen molar-refractivity contribution >= 4 is 0 Å². The number of rotatable bonds is 2. The minimum Gasteiger partial charge on any atom is -0.446 e. The molecular weight excluding hydrogens is 207 g/mol. The Labute approximate surface area is 92.1 Å². The standard InChI is InChI=1S/C12H11FN2O/c13-9-3-1-8(2-4-9)10-7-16-11(15-10)12(14)5-6-12/h1-4,7H,5-6,14H2. The molecule has 0 saturated heterocycles. The number of hydrogen-bond acceptors (Lipinski definition) is 3. The van der Waals surface area contributed by atoms with Crippen LogP contribution in [0.1, 0.15) is 18.7 Å². The topological polar surface area (TPSA) is 52.0 Å². The number of benzene rings is 1. The van der Waals surface area contributed by atoms with E-state index in [0.29, 0.717) is 11.6 Å². The molecule has 0 atom stereocenters. The van der Waals surface area contributed by atoms with E-state index in [-0.39, 0.29) is 11.4 Å². The molecule has 0 amide bonds. The van der Waals surface area contributed by atoms with Gasteiger partial charge in [0.25, 0.3) is 0 Å². The highest BCUT2D eigenvalue weighted by molar-refractivity contribution is 5.57. The van der Waals surface area contributed by atoms with Crippen LogP contribution in [0.5, 0.6) is 0 Å². The summed E-state index contributed by atoms with van der Waals surface area (Å²) in [6.45, 7) is 0. The highest BCUT2D eigenvalue weighted by Crippen LogP contribution is 2.42. The smallest absolute Gasteiger partial charge is 0.214 e. The van der Waals surface area contributed by atoms with E-state index >= 15 is 0 Å². The van der Waals surface area contributed by atoms with Gasteiger partial charge in [0.15, 0.2) is 0 Å². The van der Waals surface area contributed by atoms with Gasteiger partial charge in [-0.2, -0.15) is 0 Å². The Hall–Kier alpha value is -1.68. The molecule has 0 aliphatic heterocycles. The first-order valence-corrected chi connectivity index (χ1v) is 5.18. The lowest BCUT2D eigenvalue weighted by Crippen LogP contribution is -2.18. The van der Waals surface area contributed by atoms with E-state index in [4.69, 9.17) is 10.2 Å². The maximum Gasteiger partial charge on any atom is 0.214 e. The van der Waals surface area contributed by atoms with E-state index in [1.807, 2.05) is 0 Å². The zero-order valence-electron chi connectivity index (χ0n) is 8.61. The summed E-state index contributed by atoms with van der Waals surface area (Å²) in [5, 5.41) is 0. The SMILES string of the molecule is NC1(c2nc(-c3ccc(F)cc3)co2)CC1. The zero-order chi connectivity index (χ0) is 11.2. The lowest BCUT2D eigenvalue weighted by atomic mass is 10.2. The fourth-order valence-electron chi connectivity index (χ4n) is 1.60. The van der Waals surface area contributed by atoms with Crippen molar-refractivity contribution in [3.05, 3.63) is 42.2 Å². The fourth-order valence-corrected chi connectivity index (χ4v) is 1.60. The monoisotopic (exact) mass is 218 g/mol. The Morgan fingerprint density at radius 1 is 1.25 bits per heavy atom. The van der Waals surface area contributed by atoms with Crippen LogP contribution in [0.4, 0.5) is 4.39 Å². The lowest BCUT2D eigenvalue weighted by Gasteiger charge is -2.00. The molecule has 1 aromatic carbocycles. The maximum atomic E-state index is 12.7. The van der Waals surface area contributed by atoms with Gasteiger partial charge in [-0.3, -0.25) is 0 Å². The van der Waals surface area contributed by atoms with E-state index in [2.05, 4.69) is 4.98 Å². The first-order chi connectivity index (χ1) is 7.67. The number of hydrogen-bond donors (Lipinski definition) is 1. The molecule has 1 aliphatic rings. The van der Waals surface area contributed by atoms with Crippen LogP contribution in [0, 0.1) is 5.82 Å². The second-order valence-corrected chi connectivity index (χ2v) is 4.20. The normalized spacial score (nSPS) is 17.4. The van der Waals surface area contributed by atoms with Gasteiger partial charge < -0.3 is 10.2 Å². The molecule has 0 unspecified atom stereocenters. The summed E-state index contributed by atoms with van der Waals surface area (Å²) < 4.78 is 18.1. The summed E-state index contributed by atoms with van der Waals surface area (Å²) in [4.78, 5) is 4.33. The number of nitrogens with two attached hydrogens (primary N) is 1. The van der Waals surface area contributed by atoms with Crippen molar-refractivity contribution in [3.63, 3.8) is 0 Å². The summed E-state index contributed by atoms with van der Waals surface area (Å²) in [6, 6.07) is 6.15. The minimum absolute atomic E-state index is 0.259. The zero-order valence-corrected chi connectivity index (χ0v) is 8.61. The Morgan fingerprint density at radius 3 is 2.56 bits per heavy atom. The molecule has 82 valence electrons. The van der Waals surface area contributed by atoms with Crippen LogP contribution in [-0.2, 0) is 5.54 Å². The first-order valence-electron chi connectivity index (χ1n) is 5.18. The third-order valence-corrected chi connectivity index (χ3v) is 2.86. The summed E-state index contributed by atoms with van der Waals surface area (Å²) in [5.74, 6) is 0.316. The van der Waals surface area contributed by atoms with Gasteiger partial charge in [-0.05, 0) is 37.1 Å². The van der Waals surface area contributed by atoms with Gasteiger partial charge in [0.05, 0.1) is 5.54 Å². The van der Waals surface area contributed by atoms with E-state index < -0.39 is 0 Å². The van der Waals surface area contributed by atoms with Gasteiger partial charge in [0.2, 0.25) is 5.89 Å². The Bertz CT molecular complexity index is 514. The van der Waals surface area contributed by atoms with Crippen LogP contribution in [0.2, 0.25) is 0 Å². The van der Waals surface area contributed by atoms with Crippen molar-refractivity contribution in [1.82, 2.24) is 4.98 Å². The second-order valence-electron chi connectivity index (χ2n) is 4.20. The molecule has 4 heteroatoms.